The van der Waals surface area contributed by atoms with Crippen LogP contribution in [0.1, 0.15) is 11.3 Å². The molecule has 0 spiro atoms. The maximum atomic E-state index is 11.5. The van der Waals surface area contributed by atoms with Gasteiger partial charge in [0.05, 0.1) is 23.8 Å². The zero-order valence-electron chi connectivity index (χ0n) is 10.1. The van der Waals surface area contributed by atoms with E-state index in [1.54, 1.807) is 30.5 Å². The summed E-state index contributed by atoms with van der Waals surface area (Å²) in [5, 5.41) is 7.38. The molecule has 6 heteroatoms. The van der Waals surface area contributed by atoms with Gasteiger partial charge in [-0.25, -0.2) is 4.98 Å². The Balaban J connectivity index is 2.76. The Hall–Kier alpha value is -2.89. The number of amides is 1. The summed E-state index contributed by atoms with van der Waals surface area (Å²) < 4.78 is 0. The third-order valence-corrected chi connectivity index (χ3v) is 2.68. The first-order chi connectivity index (χ1) is 9.15. The van der Waals surface area contributed by atoms with Gasteiger partial charge >= 0.3 is 0 Å². The number of hydrogen-bond acceptors (Lipinski definition) is 4. The lowest BCUT2D eigenvalue weighted by atomic mass is 9.96. The second kappa shape index (κ2) is 5.18. The molecule has 0 aliphatic heterocycles. The van der Waals surface area contributed by atoms with Gasteiger partial charge in [-0.1, -0.05) is 18.2 Å². The largest absolute Gasteiger partial charge is 0.398 e. The van der Waals surface area contributed by atoms with Gasteiger partial charge in [-0.2, -0.15) is 0 Å². The van der Waals surface area contributed by atoms with Crippen molar-refractivity contribution in [3.8, 4) is 0 Å². The first-order valence-corrected chi connectivity index (χ1v) is 5.53. The molecule has 2 rings (SSSR count). The molecule has 0 aliphatic rings. The zero-order valence-corrected chi connectivity index (χ0v) is 10.1. The number of primary amides is 1. The molecule has 1 aromatic carbocycles. The number of nitrogen functional groups attached to an aromatic ring is 1. The van der Waals surface area contributed by atoms with Crippen LogP contribution >= 0.6 is 0 Å². The van der Waals surface area contributed by atoms with Crippen LogP contribution in [0.15, 0.2) is 42.4 Å². The number of imidazole rings is 1. The molecule has 0 saturated carbocycles. The Bertz CT molecular complexity index is 643. The molecule has 6 nitrogen and oxygen atoms in total. The number of nitrogens with two attached hydrogens (primary N) is 2. The number of carbonyl (C=O) groups is 1. The lowest BCUT2D eigenvalue weighted by Gasteiger charge is -2.11. The number of aromatic nitrogens is 2. The number of anilines is 1. The molecule has 0 saturated heterocycles. The van der Waals surface area contributed by atoms with E-state index in [0.717, 1.165) is 6.21 Å². The van der Waals surface area contributed by atoms with Crippen molar-refractivity contribution >= 4 is 23.4 Å². The fraction of sp³-hybridized carbons (Fsp3) is 0. The van der Waals surface area contributed by atoms with Crippen LogP contribution in [0.5, 0.6) is 0 Å². The minimum atomic E-state index is -0.692. The highest BCUT2D eigenvalue weighted by Crippen LogP contribution is 2.28. The third-order valence-electron chi connectivity index (χ3n) is 2.68. The topological polar surface area (TPSA) is 122 Å². The van der Waals surface area contributed by atoms with Gasteiger partial charge in [0.1, 0.15) is 0 Å². The summed E-state index contributed by atoms with van der Waals surface area (Å²) in [7, 11) is 0. The molecule has 2 aromatic rings. The molecular formula is C13H13N5O. The first kappa shape index (κ1) is 12.6. The predicted molar refractivity (Wildman–Crippen MR) is 73.4 cm³/mol. The minimum absolute atomic E-state index is 0.0714. The van der Waals surface area contributed by atoms with Crippen molar-refractivity contribution < 1.29 is 4.79 Å². The average molecular weight is 255 g/mol. The van der Waals surface area contributed by atoms with E-state index in [2.05, 4.69) is 9.97 Å². The zero-order chi connectivity index (χ0) is 13.8. The summed E-state index contributed by atoms with van der Waals surface area (Å²) in [5.74, 6) is -0.692. The molecule has 1 heterocycles. The van der Waals surface area contributed by atoms with Gasteiger partial charge in [0.25, 0.3) is 5.91 Å². The monoisotopic (exact) mass is 255 g/mol. The fourth-order valence-corrected chi connectivity index (χ4v) is 1.82. The van der Waals surface area contributed by atoms with Crippen molar-refractivity contribution in [1.82, 2.24) is 9.97 Å². The van der Waals surface area contributed by atoms with Crippen LogP contribution in [-0.2, 0) is 4.79 Å². The lowest BCUT2D eigenvalue weighted by Crippen LogP contribution is -2.17. The molecule has 96 valence electrons. The normalized spacial score (nSPS) is 11.8. The number of rotatable bonds is 4. The molecule has 0 fully saturated rings. The quantitative estimate of drug-likeness (QED) is 0.369. The maximum absolute atomic E-state index is 11.5. The van der Waals surface area contributed by atoms with Gasteiger partial charge < -0.3 is 21.9 Å². The molecule has 0 bridgehead atoms. The molecule has 0 radical (unpaired) electrons. The Morgan fingerprint density at radius 3 is 2.63 bits per heavy atom. The van der Waals surface area contributed by atoms with Crippen molar-refractivity contribution in [2.24, 2.45) is 5.73 Å². The van der Waals surface area contributed by atoms with Crippen LogP contribution in [0, 0.1) is 5.41 Å². The summed E-state index contributed by atoms with van der Waals surface area (Å²) in [6.07, 6.45) is 3.95. The highest BCUT2D eigenvalue weighted by Gasteiger charge is 2.17. The Labute approximate surface area is 109 Å². The Kier molecular flexibility index (Phi) is 3.42. The molecular weight excluding hydrogens is 242 g/mol. The Morgan fingerprint density at radius 1 is 1.37 bits per heavy atom. The van der Waals surface area contributed by atoms with Crippen LogP contribution in [0.4, 0.5) is 5.69 Å². The van der Waals surface area contributed by atoms with Crippen molar-refractivity contribution in [2.75, 3.05) is 5.73 Å². The van der Waals surface area contributed by atoms with E-state index in [1.165, 1.54) is 6.33 Å². The average Bonchev–Trinajstić information content (AvgIpc) is 2.90. The van der Waals surface area contributed by atoms with Crippen LogP contribution in [0.2, 0.25) is 0 Å². The van der Waals surface area contributed by atoms with Crippen LogP contribution in [0.25, 0.3) is 5.57 Å². The predicted octanol–water partition coefficient (Wildman–Crippen LogP) is 0.929. The number of aromatic amines is 1. The van der Waals surface area contributed by atoms with Gasteiger partial charge in [0.15, 0.2) is 0 Å². The smallest absolute Gasteiger partial charge is 0.250 e. The maximum Gasteiger partial charge on any atom is 0.250 e. The number of carbonyl (C=O) groups excluding carboxylic acids is 1. The highest BCUT2D eigenvalue weighted by atomic mass is 16.1. The first-order valence-electron chi connectivity index (χ1n) is 5.53. The number of nitrogens with zero attached hydrogens (tertiary/aromatic N) is 1. The van der Waals surface area contributed by atoms with Crippen LogP contribution < -0.4 is 11.5 Å². The van der Waals surface area contributed by atoms with Gasteiger partial charge in [-0.15, -0.1) is 0 Å². The van der Waals surface area contributed by atoms with Crippen molar-refractivity contribution in [3.05, 3.63) is 53.6 Å². The Morgan fingerprint density at radius 2 is 2.11 bits per heavy atom. The summed E-state index contributed by atoms with van der Waals surface area (Å²) in [5.41, 5.74) is 13.5. The lowest BCUT2D eigenvalue weighted by molar-refractivity contribution is -0.114. The van der Waals surface area contributed by atoms with E-state index in [1.807, 2.05) is 0 Å². The summed E-state index contributed by atoms with van der Waals surface area (Å²) in [6.45, 7) is 0. The summed E-state index contributed by atoms with van der Waals surface area (Å²) in [4.78, 5) is 18.3. The van der Waals surface area contributed by atoms with E-state index in [4.69, 9.17) is 16.9 Å². The van der Waals surface area contributed by atoms with E-state index in [-0.39, 0.29) is 5.57 Å². The third kappa shape index (κ3) is 2.37. The molecule has 0 aliphatic carbocycles. The fourth-order valence-electron chi connectivity index (χ4n) is 1.82. The van der Waals surface area contributed by atoms with Crippen LogP contribution in [0.3, 0.4) is 0 Å². The van der Waals surface area contributed by atoms with Gasteiger partial charge in [-0.3, -0.25) is 4.79 Å². The minimum Gasteiger partial charge on any atom is -0.398 e. The molecule has 19 heavy (non-hydrogen) atoms. The second-order valence-corrected chi connectivity index (χ2v) is 3.85. The number of nitrogens with one attached hydrogen (secondary N) is 2. The molecule has 1 aromatic heterocycles. The number of H-pyrrole nitrogens is 1. The molecule has 0 unspecified atom stereocenters. The van der Waals surface area contributed by atoms with Crippen molar-refractivity contribution in [1.29, 1.82) is 5.41 Å². The van der Waals surface area contributed by atoms with E-state index in [9.17, 15) is 4.79 Å². The molecule has 0 atom stereocenters. The van der Waals surface area contributed by atoms with Gasteiger partial charge in [0.2, 0.25) is 0 Å². The SMILES string of the molecule is N=C/C(C(N)=O)=C(\c1cnc[nH]1)c1ccccc1N. The van der Waals surface area contributed by atoms with Gasteiger partial charge in [0, 0.05) is 23.0 Å². The second-order valence-electron chi connectivity index (χ2n) is 3.85. The summed E-state index contributed by atoms with van der Waals surface area (Å²) >= 11 is 0. The van der Waals surface area contributed by atoms with E-state index in [0.29, 0.717) is 22.5 Å². The van der Waals surface area contributed by atoms with E-state index < -0.39 is 5.91 Å². The summed E-state index contributed by atoms with van der Waals surface area (Å²) in [6, 6.07) is 7.06. The highest BCUT2D eigenvalue weighted by molar-refractivity contribution is 6.19. The number of para-hydroxylation sites is 1. The van der Waals surface area contributed by atoms with E-state index >= 15 is 0 Å². The van der Waals surface area contributed by atoms with Crippen molar-refractivity contribution in [2.45, 2.75) is 0 Å². The van der Waals surface area contributed by atoms with Gasteiger partial charge in [-0.05, 0) is 6.07 Å². The van der Waals surface area contributed by atoms with Crippen LogP contribution in [-0.4, -0.2) is 22.1 Å². The van der Waals surface area contributed by atoms with Crippen molar-refractivity contribution in [3.63, 3.8) is 0 Å². The standard InChI is InChI=1S/C13H13N5O/c14-5-9(13(16)19)12(11-6-17-7-18-11)8-3-1-2-4-10(8)15/h1-7,14H,15H2,(H2,16,19)(H,17,18)/b12-9+,14-5?. The molecule has 1 amide bonds. The molecule has 6 N–H and O–H groups in total. The number of hydrogen-bond donors (Lipinski definition) is 4. The number of benzene rings is 1.